The van der Waals surface area contributed by atoms with Gasteiger partial charge < -0.3 is 14.3 Å². The number of allylic oxidation sites excluding steroid dienone is 1. The SMILES string of the molecule is O=C(C=C(O)c1coc(Oc2ccccc2Cl)c1)c1ncn[nH]1. The Morgan fingerprint density at radius 2 is 2.22 bits per heavy atom. The van der Waals surface area contributed by atoms with E-state index in [1.807, 2.05) is 0 Å². The van der Waals surface area contributed by atoms with E-state index < -0.39 is 5.78 Å². The molecule has 0 saturated carbocycles. The van der Waals surface area contributed by atoms with Gasteiger partial charge in [0.05, 0.1) is 10.6 Å². The van der Waals surface area contributed by atoms with Gasteiger partial charge in [0, 0.05) is 12.1 Å². The number of rotatable bonds is 5. The molecule has 0 amide bonds. The lowest BCUT2D eigenvalue weighted by molar-refractivity contribution is 0.103. The maximum absolute atomic E-state index is 11.8. The van der Waals surface area contributed by atoms with Crippen LogP contribution in [-0.2, 0) is 0 Å². The van der Waals surface area contributed by atoms with Crippen LogP contribution >= 0.6 is 11.6 Å². The van der Waals surface area contributed by atoms with Crippen LogP contribution in [0.25, 0.3) is 5.76 Å². The first-order valence-corrected chi connectivity index (χ1v) is 6.83. The van der Waals surface area contributed by atoms with Gasteiger partial charge in [-0.05, 0) is 12.1 Å². The number of aromatic nitrogens is 3. The van der Waals surface area contributed by atoms with Crippen LogP contribution in [0.15, 0.2) is 53.4 Å². The average Bonchev–Trinajstić information content (AvgIpc) is 3.21. The lowest BCUT2D eigenvalue weighted by Gasteiger charge is -2.02. The van der Waals surface area contributed by atoms with Crippen molar-refractivity contribution in [2.45, 2.75) is 0 Å². The molecule has 0 saturated heterocycles. The number of aromatic amines is 1. The third kappa shape index (κ3) is 3.41. The van der Waals surface area contributed by atoms with Crippen LogP contribution < -0.4 is 4.74 Å². The number of carbonyl (C=O) groups is 1. The first-order valence-electron chi connectivity index (χ1n) is 6.45. The largest absolute Gasteiger partial charge is 0.507 e. The molecule has 2 heterocycles. The maximum atomic E-state index is 11.8. The number of aliphatic hydroxyl groups excluding tert-OH is 1. The highest BCUT2D eigenvalue weighted by atomic mass is 35.5. The number of para-hydroxylation sites is 1. The van der Waals surface area contributed by atoms with Crippen LogP contribution in [0, 0.1) is 0 Å². The minimum atomic E-state index is -0.519. The Bertz CT molecular complexity index is 855. The number of nitrogens with zero attached hydrogens (tertiary/aromatic N) is 2. The second-order valence-corrected chi connectivity index (χ2v) is 4.82. The van der Waals surface area contributed by atoms with Gasteiger partial charge in [-0.1, -0.05) is 23.7 Å². The van der Waals surface area contributed by atoms with E-state index in [0.717, 1.165) is 6.08 Å². The Kier molecular flexibility index (Phi) is 4.11. The molecule has 2 aromatic heterocycles. The fourth-order valence-electron chi connectivity index (χ4n) is 1.74. The molecule has 7 nitrogen and oxygen atoms in total. The number of benzene rings is 1. The number of furan rings is 1. The summed E-state index contributed by atoms with van der Waals surface area (Å²) in [5.74, 6) is -0.247. The topological polar surface area (TPSA) is 101 Å². The number of hydrogen-bond donors (Lipinski definition) is 2. The standard InChI is InChI=1S/C15H10ClN3O4/c16-10-3-1-2-4-13(10)23-14-5-9(7-22-14)11(20)6-12(21)15-17-8-18-19-15/h1-8,20H,(H,17,18,19). The van der Waals surface area contributed by atoms with E-state index >= 15 is 0 Å². The molecule has 0 unspecified atom stereocenters. The first-order chi connectivity index (χ1) is 11.1. The normalized spacial score (nSPS) is 11.4. The van der Waals surface area contributed by atoms with Crippen LogP contribution in [-0.4, -0.2) is 26.1 Å². The highest BCUT2D eigenvalue weighted by Gasteiger charge is 2.12. The monoisotopic (exact) mass is 331 g/mol. The second kappa shape index (κ2) is 6.37. The summed E-state index contributed by atoms with van der Waals surface area (Å²) in [6, 6.07) is 8.32. The van der Waals surface area contributed by atoms with Crippen LogP contribution in [0.4, 0.5) is 0 Å². The molecular formula is C15H10ClN3O4. The molecule has 0 aliphatic carbocycles. The van der Waals surface area contributed by atoms with Crippen molar-refractivity contribution >= 4 is 23.1 Å². The number of carbonyl (C=O) groups excluding carboxylic acids is 1. The molecule has 0 aliphatic heterocycles. The molecule has 0 aliphatic rings. The molecule has 0 fully saturated rings. The quantitative estimate of drug-likeness (QED) is 0.420. The Labute approximate surface area is 135 Å². The van der Waals surface area contributed by atoms with E-state index in [1.54, 1.807) is 24.3 Å². The number of aliphatic hydroxyl groups is 1. The summed E-state index contributed by atoms with van der Waals surface area (Å²) in [5.41, 5.74) is 0.278. The molecule has 0 spiro atoms. The van der Waals surface area contributed by atoms with Gasteiger partial charge in [-0.3, -0.25) is 9.89 Å². The first kappa shape index (κ1) is 14.9. The zero-order valence-corrected chi connectivity index (χ0v) is 12.3. The van der Waals surface area contributed by atoms with Crippen molar-refractivity contribution in [3.05, 3.63) is 65.4 Å². The van der Waals surface area contributed by atoms with Crippen molar-refractivity contribution in [1.29, 1.82) is 0 Å². The summed E-state index contributed by atoms with van der Waals surface area (Å²) in [4.78, 5) is 15.5. The van der Waals surface area contributed by atoms with Crippen LogP contribution in [0.3, 0.4) is 0 Å². The highest BCUT2D eigenvalue weighted by Crippen LogP contribution is 2.31. The summed E-state index contributed by atoms with van der Waals surface area (Å²) < 4.78 is 10.7. The molecule has 3 aromatic rings. The van der Waals surface area contributed by atoms with Crippen molar-refractivity contribution < 1.29 is 19.1 Å². The summed E-state index contributed by atoms with van der Waals surface area (Å²) in [6.45, 7) is 0. The number of halogens is 1. The molecule has 3 rings (SSSR count). The zero-order chi connectivity index (χ0) is 16.2. The van der Waals surface area contributed by atoms with Gasteiger partial charge in [0.1, 0.15) is 24.1 Å². The third-order valence-corrected chi connectivity index (χ3v) is 3.15. The fraction of sp³-hybridized carbons (Fsp3) is 0. The van der Waals surface area contributed by atoms with Gasteiger partial charge in [-0.2, -0.15) is 5.10 Å². The lowest BCUT2D eigenvalue weighted by Crippen LogP contribution is -1.98. The number of ketones is 1. The smallest absolute Gasteiger partial charge is 0.290 e. The number of H-pyrrole nitrogens is 1. The average molecular weight is 332 g/mol. The van der Waals surface area contributed by atoms with Crippen molar-refractivity contribution in [1.82, 2.24) is 15.2 Å². The maximum Gasteiger partial charge on any atom is 0.290 e. The van der Waals surface area contributed by atoms with Gasteiger partial charge in [0.15, 0.2) is 5.82 Å². The molecule has 0 atom stereocenters. The predicted molar refractivity (Wildman–Crippen MR) is 81.6 cm³/mol. The van der Waals surface area contributed by atoms with Crippen molar-refractivity contribution in [3.8, 4) is 11.7 Å². The number of nitrogens with one attached hydrogen (secondary N) is 1. The highest BCUT2D eigenvalue weighted by molar-refractivity contribution is 6.32. The van der Waals surface area contributed by atoms with E-state index in [2.05, 4.69) is 15.2 Å². The molecule has 0 radical (unpaired) electrons. The van der Waals surface area contributed by atoms with Crippen LogP contribution in [0.1, 0.15) is 16.2 Å². The fourth-order valence-corrected chi connectivity index (χ4v) is 1.91. The molecule has 0 bridgehead atoms. The molecule has 8 heteroatoms. The Morgan fingerprint density at radius 1 is 1.39 bits per heavy atom. The van der Waals surface area contributed by atoms with Gasteiger partial charge in [0.25, 0.3) is 5.95 Å². The third-order valence-electron chi connectivity index (χ3n) is 2.83. The minimum Gasteiger partial charge on any atom is -0.507 e. The summed E-state index contributed by atoms with van der Waals surface area (Å²) in [7, 11) is 0. The van der Waals surface area contributed by atoms with E-state index in [9.17, 15) is 9.90 Å². The van der Waals surface area contributed by atoms with E-state index in [-0.39, 0.29) is 23.1 Å². The molecule has 116 valence electrons. The molecule has 23 heavy (non-hydrogen) atoms. The van der Waals surface area contributed by atoms with Gasteiger partial charge >= 0.3 is 0 Å². The van der Waals surface area contributed by atoms with E-state index in [0.29, 0.717) is 10.8 Å². The Balaban J connectivity index is 1.76. The summed E-state index contributed by atoms with van der Waals surface area (Å²) in [5, 5.41) is 16.4. The number of hydrogen-bond acceptors (Lipinski definition) is 6. The van der Waals surface area contributed by atoms with E-state index in [4.69, 9.17) is 20.8 Å². The second-order valence-electron chi connectivity index (χ2n) is 4.41. The summed E-state index contributed by atoms with van der Waals surface area (Å²) in [6.07, 6.45) is 3.46. The van der Waals surface area contributed by atoms with E-state index in [1.165, 1.54) is 18.7 Å². The zero-order valence-electron chi connectivity index (χ0n) is 11.6. The van der Waals surface area contributed by atoms with Crippen molar-refractivity contribution in [2.75, 3.05) is 0 Å². The summed E-state index contributed by atoms with van der Waals surface area (Å²) >= 11 is 5.98. The van der Waals surface area contributed by atoms with Crippen LogP contribution in [0.5, 0.6) is 11.7 Å². The molecule has 1 aromatic carbocycles. The van der Waals surface area contributed by atoms with Gasteiger partial charge in [0.2, 0.25) is 5.78 Å². The van der Waals surface area contributed by atoms with Gasteiger partial charge in [-0.25, -0.2) is 4.98 Å². The number of ether oxygens (including phenoxy) is 1. The van der Waals surface area contributed by atoms with Gasteiger partial charge in [-0.15, -0.1) is 0 Å². The molecular weight excluding hydrogens is 322 g/mol. The Morgan fingerprint density at radius 3 is 2.96 bits per heavy atom. The van der Waals surface area contributed by atoms with Crippen molar-refractivity contribution in [3.63, 3.8) is 0 Å². The predicted octanol–water partition coefficient (Wildman–Crippen LogP) is 3.63. The molecule has 2 N–H and O–H groups in total. The van der Waals surface area contributed by atoms with Crippen molar-refractivity contribution in [2.24, 2.45) is 0 Å². The van der Waals surface area contributed by atoms with Crippen LogP contribution in [0.2, 0.25) is 5.02 Å². The lowest BCUT2D eigenvalue weighted by atomic mass is 10.2. The Hall–Kier alpha value is -3.06. The minimum absolute atomic E-state index is 0.0209.